The van der Waals surface area contributed by atoms with Crippen LogP contribution in [0, 0.1) is 0 Å². The Morgan fingerprint density at radius 2 is 1.61 bits per heavy atom. The van der Waals surface area contributed by atoms with E-state index in [9.17, 15) is 4.79 Å². The Labute approximate surface area is 144 Å². The van der Waals surface area contributed by atoms with Crippen molar-refractivity contribution in [1.82, 2.24) is 5.32 Å². The second kappa shape index (κ2) is 8.50. The number of carbonyl (C=O) groups excluding carboxylic acids is 1. The maximum atomic E-state index is 11.9. The molecular weight excluding hydrogens is 339 g/mol. The van der Waals surface area contributed by atoms with Crippen molar-refractivity contribution < 1.29 is 14.3 Å². The lowest BCUT2D eigenvalue weighted by Crippen LogP contribution is -2.32. The van der Waals surface area contributed by atoms with Crippen LogP contribution in [0.1, 0.15) is 6.92 Å². The van der Waals surface area contributed by atoms with E-state index in [1.807, 2.05) is 19.1 Å². The molecule has 0 aliphatic heterocycles. The van der Waals surface area contributed by atoms with Crippen LogP contribution in [0.3, 0.4) is 0 Å². The molecule has 2 aromatic carbocycles. The number of hydrogen-bond acceptors (Lipinski definition) is 3. The molecule has 0 spiro atoms. The molecule has 2 rings (SSSR count). The number of anilines is 1. The molecule has 2 N–H and O–H groups in total. The zero-order valence-electron chi connectivity index (χ0n) is 12.4. The fraction of sp³-hybridized carbons (Fsp3) is 0.188. The van der Waals surface area contributed by atoms with Crippen molar-refractivity contribution in [2.75, 3.05) is 18.7 Å². The van der Waals surface area contributed by atoms with Crippen LogP contribution < -0.4 is 20.1 Å². The van der Waals surface area contributed by atoms with Crippen molar-refractivity contribution in [2.24, 2.45) is 0 Å². The molecule has 5 nitrogen and oxygen atoms in total. The van der Waals surface area contributed by atoms with E-state index < -0.39 is 6.03 Å². The summed E-state index contributed by atoms with van der Waals surface area (Å²) in [5, 5.41) is 5.85. The van der Waals surface area contributed by atoms with E-state index in [-0.39, 0.29) is 6.73 Å². The van der Waals surface area contributed by atoms with Crippen molar-refractivity contribution in [3.8, 4) is 11.5 Å². The van der Waals surface area contributed by atoms with Crippen molar-refractivity contribution in [1.29, 1.82) is 0 Å². The number of carbonyl (C=O) groups is 1. The molecule has 0 saturated heterocycles. The molecule has 122 valence electrons. The largest absolute Gasteiger partial charge is 0.490 e. The van der Waals surface area contributed by atoms with Gasteiger partial charge in [-0.25, -0.2) is 4.79 Å². The molecule has 23 heavy (non-hydrogen) atoms. The van der Waals surface area contributed by atoms with Crippen molar-refractivity contribution in [3.05, 3.63) is 52.5 Å². The van der Waals surface area contributed by atoms with E-state index >= 15 is 0 Å². The number of ether oxygens (including phenoxy) is 2. The molecule has 0 fully saturated rings. The minimum absolute atomic E-state index is 0.0298. The summed E-state index contributed by atoms with van der Waals surface area (Å²) in [4.78, 5) is 11.9. The van der Waals surface area contributed by atoms with Gasteiger partial charge >= 0.3 is 6.03 Å². The summed E-state index contributed by atoms with van der Waals surface area (Å²) in [5.74, 6) is 1.16. The van der Waals surface area contributed by atoms with E-state index in [1.165, 1.54) is 0 Å². The zero-order valence-corrected chi connectivity index (χ0v) is 13.9. The normalized spacial score (nSPS) is 10.0. The van der Waals surface area contributed by atoms with Crippen LogP contribution in [0.2, 0.25) is 10.0 Å². The molecule has 7 heteroatoms. The molecule has 0 saturated carbocycles. The molecule has 0 aliphatic rings. The second-order valence-electron chi connectivity index (χ2n) is 4.40. The average molecular weight is 355 g/mol. The number of hydrogen-bond donors (Lipinski definition) is 2. The monoisotopic (exact) mass is 354 g/mol. The number of nitrogens with one attached hydrogen (secondary N) is 2. The first kappa shape index (κ1) is 17.2. The quantitative estimate of drug-likeness (QED) is 0.748. The fourth-order valence-corrected chi connectivity index (χ4v) is 2.29. The van der Waals surface area contributed by atoms with Gasteiger partial charge in [0.15, 0.2) is 18.2 Å². The lowest BCUT2D eigenvalue weighted by atomic mass is 10.3. The maximum Gasteiger partial charge on any atom is 0.321 e. The number of halogens is 2. The predicted molar refractivity (Wildman–Crippen MR) is 91.7 cm³/mol. The topological polar surface area (TPSA) is 59.6 Å². The first-order chi connectivity index (χ1) is 11.1. The van der Waals surface area contributed by atoms with Gasteiger partial charge in [0.05, 0.1) is 22.3 Å². The Bertz CT molecular complexity index is 660. The lowest BCUT2D eigenvalue weighted by Gasteiger charge is -2.13. The average Bonchev–Trinajstić information content (AvgIpc) is 2.53. The summed E-state index contributed by atoms with van der Waals surface area (Å²) in [7, 11) is 0. The summed E-state index contributed by atoms with van der Waals surface area (Å²) in [6, 6.07) is 11.7. The Hall–Kier alpha value is -2.11. The van der Waals surface area contributed by atoms with Crippen molar-refractivity contribution in [2.45, 2.75) is 6.92 Å². The fourth-order valence-electron chi connectivity index (χ4n) is 1.80. The molecule has 0 aliphatic carbocycles. The molecule has 2 amide bonds. The first-order valence-corrected chi connectivity index (χ1v) is 7.71. The minimum Gasteiger partial charge on any atom is -0.490 e. The summed E-state index contributed by atoms with van der Waals surface area (Å²) >= 11 is 12.0. The van der Waals surface area contributed by atoms with Gasteiger partial charge in [-0.3, -0.25) is 0 Å². The van der Waals surface area contributed by atoms with Crippen LogP contribution in [-0.2, 0) is 0 Å². The summed E-state index contributed by atoms with van der Waals surface area (Å²) < 4.78 is 10.9. The standard InChI is InChI=1S/C16H16Cl2N2O3/c1-2-22-13-8-3-4-9-14(13)23-10-19-16(21)20-15-11(17)6-5-7-12(15)18/h3-9H,2,10H2,1H3,(H2,19,20,21). The van der Waals surface area contributed by atoms with E-state index in [2.05, 4.69) is 10.6 Å². The summed E-state index contributed by atoms with van der Waals surface area (Å²) in [5.41, 5.74) is 0.350. The smallest absolute Gasteiger partial charge is 0.321 e. The highest BCUT2D eigenvalue weighted by atomic mass is 35.5. The van der Waals surface area contributed by atoms with Crippen LogP contribution in [0.4, 0.5) is 10.5 Å². The van der Waals surface area contributed by atoms with E-state index in [0.29, 0.717) is 33.8 Å². The van der Waals surface area contributed by atoms with Crippen LogP contribution in [0.15, 0.2) is 42.5 Å². The van der Waals surface area contributed by atoms with E-state index in [4.69, 9.17) is 32.7 Å². The highest BCUT2D eigenvalue weighted by molar-refractivity contribution is 6.39. The van der Waals surface area contributed by atoms with Gasteiger partial charge < -0.3 is 20.1 Å². The first-order valence-electron chi connectivity index (χ1n) is 6.95. The molecule has 0 unspecified atom stereocenters. The number of benzene rings is 2. The summed E-state index contributed by atoms with van der Waals surface area (Å²) in [6.45, 7) is 2.38. The van der Waals surface area contributed by atoms with Crippen LogP contribution in [-0.4, -0.2) is 19.4 Å². The highest BCUT2D eigenvalue weighted by Crippen LogP contribution is 2.29. The van der Waals surface area contributed by atoms with Gasteiger partial charge in [-0.05, 0) is 31.2 Å². The third-order valence-electron chi connectivity index (χ3n) is 2.81. The highest BCUT2D eigenvalue weighted by Gasteiger charge is 2.09. The Morgan fingerprint density at radius 1 is 1.00 bits per heavy atom. The maximum absolute atomic E-state index is 11.9. The molecule has 0 atom stereocenters. The molecule has 0 aromatic heterocycles. The van der Waals surface area contributed by atoms with Gasteiger partial charge in [-0.2, -0.15) is 0 Å². The Kier molecular flexibility index (Phi) is 6.38. The number of para-hydroxylation sites is 3. The van der Waals surface area contributed by atoms with Crippen LogP contribution in [0.5, 0.6) is 11.5 Å². The molecule has 0 heterocycles. The van der Waals surface area contributed by atoms with Gasteiger partial charge in [0.2, 0.25) is 0 Å². The van der Waals surface area contributed by atoms with E-state index in [0.717, 1.165) is 0 Å². The SMILES string of the molecule is CCOc1ccccc1OCNC(=O)Nc1c(Cl)cccc1Cl. The van der Waals surface area contributed by atoms with Gasteiger partial charge in [-0.15, -0.1) is 0 Å². The predicted octanol–water partition coefficient (Wildman–Crippen LogP) is 4.55. The number of amides is 2. The zero-order chi connectivity index (χ0) is 16.7. The minimum atomic E-state index is -0.478. The molecule has 0 bridgehead atoms. The van der Waals surface area contributed by atoms with Gasteiger partial charge in [-0.1, -0.05) is 41.4 Å². The number of urea groups is 1. The van der Waals surface area contributed by atoms with Gasteiger partial charge in [0.25, 0.3) is 0 Å². The lowest BCUT2D eigenvalue weighted by molar-refractivity contribution is 0.229. The third kappa shape index (κ3) is 4.94. The van der Waals surface area contributed by atoms with Crippen LogP contribution in [0.25, 0.3) is 0 Å². The molecule has 2 aromatic rings. The van der Waals surface area contributed by atoms with Gasteiger partial charge in [0, 0.05) is 0 Å². The Balaban J connectivity index is 1.88. The van der Waals surface area contributed by atoms with Crippen molar-refractivity contribution >= 4 is 34.9 Å². The molecule has 0 radical (unpaired) electrons. The Morgan fingerprint density at radius 3 is 2.22 bits per heavy atom. The van der Waals surface area contributed by atoms with Crippen LogP contribution >= 0.6 is 23.2 Å². The third-order valence-corrected chi connectivity index (χ3v) is 3.44. The molecular formula is C16H16Cl2N2O3. The van der Waals surface area contributed by atoms with Gasteiger partial charge in [0.1, 0.15) is 0 Å². The van der Waals surface area contributed by atoms with E-state index in [1.54, 1.807) is 30.3 Å². The van der Waals surface area contributed by atoms with Crippen molar-refractivity contribution in [3.63, 3.8) is 0 Å². The number of rotatable bonds is 6. The second-order valence-corrected chi connectivity index (χ2v) is 5.21. The summed E-state index contributed by atoms with van der Waals surface area (Å²) in [6.07, 6.45) is 0.